The van der Waals surface area contributed by atoms with Crippen molar-refractivity contribution in [3.8, 4) is 0 Å². The third-order valence-electron chi connectivity index (χ3n) is 4.01. The van der Waals surface area contributed by atoms with E-state index in [4.69, 9.17) is 9.84 Å². The van der Waals surface area contributed by atoms with E-state index in [1.54, 1.807) is 0 Å². The van der Waals surface area contributed by atoms with E-state index in [2.05, 4.69) is 12.2 Å². The molecule has 3 atom stereocenters. The van der Waals surface area contributed by atoms with Crippen LogP contribution >= 0.6 is 0 Å². The van der Waals surface area contributed by atoms with E-state index in [1.807, 2.05) is 32.6 Å². The Morgan fingerprint density at radius 1 is 1.36 bits per heavy atom. The summed E-state index contributed by atoms with van der Waals surface area (Å²) in [5.74, 6) is 0.260. The molecule has 2 N–H and O–H groups in total. The van der Waals surface area contributed by atoms with Gasteiger partial charge in [-0.15, -0.1) is 0 Å². The van der Waals surface area contributed by atoms with Gasteiger partial charge in [-0.1, -0.05) is 6.92 Å². The summed E-state index contributed by atoms with van der Waals surface area (Å²) in [6, 6.07) is 0.567. The Morgan fingerprint density at radius 2 is 2.05 bits per heavy atom. The number of likely N-dealkylation sites (tertiary alicyclic amines) is 1. The summed E-state index contributed by atoms with van der Waals surface area (Å²) in [7, 11) is 0. The number of hydrogen-bond acceptors (Lipinski definition) is 4. The molecule has 1 aliphatic heterocycles. The van der Waals surface area contributed by atoms with Crippen LogP contribution in [0.5, 0.6) is 0 Å². The fourth-order valence-corrected chi connectivity index (χ4v) is 2.76. The number of aliphatic hydroxyl groups excluding tert-OH is 1. The van der Waals surface area contributed by atoms with Gasteiger partial charge in [0.2, 0.25) is 0 Å². The van der Waals surface area contributed by atoms with Crippen molar-refractivity contribution in [1.29, 1.82) is 0 Å². The molecule has 1 fully saturated rings. The lowest BCUT2D eigenvalue weighted by Crippen LogP contribution is -2.48. The molecular weight excluding hydrogens is 280 g/mol. The zero-order chi connectivity index (χ0) is 16.8. The second-order valence-electron chi connectivity index (χ2n) is 7.66. The number of rotatable bonds is 6. The van der Waals surface area contributed by atoms with Crippen LogP contribution in [0.2, 0.25) is 0 Å². The van der Waals surface area contributed by atoms with E-state index in [1.165, 1.54) is 6.42 Å². The third kappa shape index (κ3) is 6.97. The maximum Gasteiger partial charge on any atom is 0.410 e. The second-order valence-corrected chi connectivity index (χ2v) is 7.66. The number of nitrogens with zero attached hydrogens (tertiary/aromatic N) is 1. The highest BCUT2D eigenvalue weighted by atomic mass is 16.6. The molecule has 0 aromatic rings. The van der Waals surface area contributed by atoms with Crippen LogP contribution in [0.15, 0.2) is 0 Å². The first kappa shape index (κ1) is 19.2. The van der Waals surface area contributed by atoms with Gasteiger partial charge in [-0.05, 0) is 59.3 Å². The van der Waals surface area contributed by atoms with Crippen LogP contribution in [-0.4, -0.2) is 53.5 Å². The molecule has 5 heteroatoms. The minimum atomic E-state index is -0.445. The molecule has 0 radical (unpaired) electrons. The number of amides is 1. The quantitative estimate of drug-likeness (QED) is 0.791. The Kier molecular flexibility index (Phi) is 7.63. The summed E-state index contributed by atoms with van der Waals surface area (Å²) >= 11 is 0. The predicted molar refractivity (Wildman–Crippen MR) is 88.9 cm³/mol. The summed E-state index contributed by atoms with van der Waals surface area (Å²) in [4.78, 5) is 14.3. The Hall–Kier alpha value is -0.810. The van der Waals surface area contributed by atoms with E-state index in [0.717, 1.165) is 32.4 Å². The molecule has 0 bridgehead atoms. The van der Waals surface area contributed by atoms with Gasteiger partial charge in [0, 0.05) is 31.8 Å². The number of nitrogens with one attached hydrogen (secondary N) is 1. The Labute approximate surface area is 135 Å². The minimum Gasteiger partial charge on any atom is -0.444 e. The molecule has 1 saturated heterocycles. The largest absolute Gasteiger partial charge is 0.444 e. The topological polar surface area (TPSA) is 61.8 Å². The first-order valence-electron chi connectivity index (χ1n) is 8.56. The van der Waals surface area contributed by atoms with Gasteiger partial charge in [0.1, 0.15) is 5.60 Å². The maximum absolute atomic E-state index is 12.4. The third-order valence-corrected chi connectivity index (χ3v) is 4.01. The molecule has 130 valence electrons. The van der Waals surface area contributed by atoms with Gasteiger partial charge in [0.25, 0.3) is 0 Å². The highest BCUT2D eigenvalue weighted by Gasteiger charge is 2.31. The van der Waals surface area contributed by atoms with Crippen molar-refractivity contribution >= 4 is 6.09 Å². The average Bonchev–Trinajstić information content (AvgIpc) is 2.43. The number of hydrogen-bond donors (Lipinski definition) is 2. The van der Waals surface area contributed by atoms with Crippen LogP contribution < -0.4 is 5.32 Å². The van der Waals surface area contributed by atoms with E-state index in [0.29, 0.717) is 6.04 Å². The molecule has 0 saturated carbocycles. The van der Waals surface area contributed by atoms with Gasteiger partial charge >= 0.3 is 6.09 Å². The lowest BCUT2D eigenvalue weighted by molar-refractivity contribution is 0.00786. The second kappa shape index (κ2) is 8.73. The van der Waals surface area contributed by atoms with E-state index < -0.39 is 5.60 Å². The fourth-order valence-electron chi connectivity index (χ4n) is 2.76. The maximum atomic E-state index is 12.4. The van der Waals surface area contributed by atoms with E-state index in [-0.39, 0.29) is 24.7 Å². The molecule has 0 aliphatic carbocycles. The van der Waals surface area contributed by atoms with Crippen LogP contribution in [-0.2, 0) is 4.74 Å². The van der Waals surface area contributed by atoms with Gasteiger partial charge in [-0.25, -0.2) is 4.79 Å². The molecule has 1 amide bonds. The van der Waals surface area contributed by atoms with Gasteiger partial charge in [-0.3, -0.25) is 0 Å². The number of carbonyl (C=O) groups is 1. The van der Waals surface area contributed by atoms with Crippen molar-refractivity contribution in [2.24, 2.45) is 5.92 Å². The van der Waals surface area contributed by atoms with Crippen molar-refractivity contribution < 1.29 is 14.6 Å². The molecule has 0 aromatic carbocycles. The van der Waals surface area contributed by atoms with Crippen LogP contribution in [0.25, 0.3) is 0 Å². The van der Waals surface area contributed by atoms with Crippen molar-refractivity contribution in [1.82, 2.24) is 10.2 Å². The smallest absolute Gasteiger partial charge is 0.410 e. The zero-order valence-corrected chi connectivity index (χ0v) is 14.9. The normalized spacial score (nSPS) is 22.3. The molecule has 1 aliphatic rings. The van der Waals surface area contributed by atoms with Crippen molar-refractivity contribution in [2.45, 2.75) is 78.0 Å². The summed E-state index contributed by atoms with van der Waals surface area (Å²) in [6.45, 7) is 11.7. The molecule has 1 heterocycles. The predicted octanol–water partition coefficient (Wildman–Crippen LogP) is 2.77. The Morgan fingerprint density at radius 3 is 2.64 bits per heavy atom. The van der Waals surface area contributed by atoms with Crippen LogP contribution in [0.3, 0.4) is 0 Å². The lowest BCUT2D eigenvalue weighted by Gasteiger charge is -2.38. The standard InChI is InChI=1S/C17H34N2O3/c1-13(12-20)11-18-14(2)10-15-8-6-7-9-19(15)16(21)22-17(3,4)5/h13-15,18,20H,6-12H2,1-5H3. The van der Waals surface area contributed by atoms with Crippen LogP contribution in [0.4, 0.5) is 4.79 Å². The van der Waals surface area contributed by atoms with Crippen LogP contribution in [0, 0.1) is 5.92 Å². The summed E-state index contributed by atoms with van der Waals surface area (Å²) in [5, 5.41) is 12.5. The van der Waals surface area contributed by atoms with Gasteiger partial charge < -0.3 is 20.1 Å². The van der Waals surface area contributed by atoms with Gasteiger partial charge in [0.15, 0.2) is 0 Å². The Balaban J connectivity index is 2.52. The van der Waals surface area contributed by atoms with Crippen LogP contribution in [0.1, 0.15) is 60.3 Å². The molecule has 22 heavy (non-hydrogen) atoms. The monoisotopic (exact) mass is 314 g/mol. The molecule has 1 rings (SSSR count). The fraction of sp³-hybridized carbons (Fsp3) is 0.941. The molecular formula is C17H34N2O3. The number of piperidine rings is 1. The summed E-state index contributed by atoms with van der Waals surface area (Å²) in [6.07, 6.45) is 4.01. The first-order valence-corrected chi connectivity index (χ1v) is 8.56. The van der Waals surface area contributed by atoms with Crippen molar-refractivity contribution in [2.75, 3.05) is 19.7 Å². The van der Waals surface area contributed by atoms with Gasteiger partial charge in [-0.2, -0.15) is 0 Å². The average molecular weight is 314 g/mol. The number of carbonyl (C=O) groups excluding carboxylic acids is 1. The lowest BCUT2D eigenvalue weighted by atomic mass is 9.96. The van der Waals surface area contributed by atoms with Crippen molar-refractivity contribution in [3.63, 3.8) is 0 Å². The summed E-state index contributed by atoms with van der Waals surface area (Å²) in [5.41, 5.74) is -0.445. The van der Waals surface area contributed by atoms with E-state index in [9.17, 15) is 4.79 Å². The number of ether oxygens (including phenoxy) is 1. The molecule has 3 unspecified atom stereocenters. The SMILES string of the molecule is CC(CO)CNC(C)CC1CCCCN1C(=O)OC(C)(C)C. The molecule has 0 aromatic heterocycles. The number of aliphatic hydroxyl groups is 1. The van der Waals surface area contributed by atoms with Crippen molar-refractivity contribution in [3.05, 3.63) is 0 Å². The minimum absolute atomic E-state index is 0.187. The highest BCUT2D eigenvalue weighted by molar-refractivity contribution is 5.68. The van der Waals surface area contributed by atoms with Gasteiger partial charge in [0.05, 0.1) is 0 Å². The highest BCUT2D eigenvalue weighted by Crippen LogP contribution is 2.23. The Bertz CT molecular complexity index is 341. The zero-order valence-electron chi connectivity index (χ0n) is 14.9. The van der Waals surface area contributed by atoms with E-state index >= 15 is 0 Å². The molecule has 0 spiro atoms. The first-order chi connectivity index (χ1) is 10.2. The summed E-state index contributed by atoms with van der Waals surface area (Å²) < 4.78 is 5.54. The molecule has 5 nitrogen and oxygen atoms in total.